The molecule has 0 aliphatic rings. The molecule has 0 unspecified atom stereocenters. The minimum Gasteiger partial charge on any atom is -0.476 e. The van der Waals surface area contributed by atoms with E-state index in [1.54, 1.807) is 12.3 Å². The molecule has 0 aromatic carbocycles. The van der Waals surface area contributed by atoms with Crippen molar-refractivity contribution in [3.8, 4) is 5.88 Å². The molecule has 0 aliphatic heterocycles. The first kappa shape index (κ1) is 11.3. The molecule has 1 rings (SSSR count). The maximum absolute atomic E-state index is 5.55. The van der Waals surface area contributed by atoms with Crippen LogP contribution >= 0.6 is 15.9 Å². The minimum absolute atomic E-state index is 0.584. The molecule has 1 aromatic heterocycles. The van der Waals surface area contributed by atoms with Crippen molar-refractivity contribution < 1.29 is 4.74 Å². The van der Waals surface area contributed by atoms with Gasteiger partial charge in [0.1, 0.15) is 6.61 Å². The number of nitrogen functional groups attached to an aromatic ring is 1. The Morgan fingerprint density at radius 1 is 1.57 bits per heavy atom. The van der Waals surface area contributed by atoms with E-state index in [0.29, 0.717) is 18.2 Å². The van der Waals surface area contributed by atoms with E-state index in [1.807, 2.05) is 19.0 Å². The zero-order chi connectivity index (χ0) is 10.6. The minimum atomic E-state index is 0.584. The van der Waals surface area contributed by atoms with Gasteiger partial charge in [0.05, 0.1) is 16.4 Å². The molecule has 78 valence electrons. The topological polar surface area (TPSA) is 51.4 Å². The van der Waals surface area contributed by atoms with E-state index in [0.717, 1.165) is 11.0 Å². The van der Waals surface area contributed by atoms with Crippen molar-refractivity contribution in [3.63, 3.8) is 0 Å². The average molecular weight is 260 g/mol. The van der Waals surface area contributed by atoms with E-state index < -0.39 is 0 Å². The van der Waals surface area contributed by atoms with Crippen LogP contribution in [0.15, 0.2) is 16.7 Å². The van der Waals surface area contributed by atoms with Crippen LogP contribution in [0.1, 0.15) is 0 Å². The molecule has 2 N–H and O–H groups in total. The molecule has 0 spiro atoms. The van der Waals surface area contributed by atoms with Crippen molar-refractivity contribution in [1.82, 2.24) is 9.88 Å². The highest BCUT2D eigenvalue weighted by molar-refractivity contribution is 9.10. The summed E-state index contributed by atoms with van der Waals surface area (Å²) in [6.45, 7) is 1.47. The van der Waals surface area contributed by atoms with Crippen LogP contribution in [0.3, 0.4) is 0 Å². The van der Waals surface area contributed by atoms with Crippen molar-refractivity contribution in [2.75, 3.05) is 33.0 Å². The van der Waals surface area contributed by atoms with E-state index >= 15 is 0 Å². The monoisotopic (exact) mass is 259 g/mol. The van der Waals surface area contributed by atoms with E-state index in [4.69, 9.17) is 10.5 Å². The van der Waals surface area contributed by atoms with E-state index in [2.05, 4.69) is 20.9 Å². The molecule has 1 aromatic rings. The van der Waals surface area contributed by atoms with Crippen LogP contribution < -0.4 is 10.5 Å². The summed E-state index contributed by atoms with van der Waals surface area (Å²) >= 11 is 3.33. The van der Waals surface area contributed by atoms with Gasteiger partial charge in [-0.3, -0.25) is 0 Å². The van der Waals surface area contributed by atoms with E-state index in [9.17, 15) is 0 Å². The third-order valence-corrected chi connectivity index (χ3v) is 2.17. The van der Waals surface area contributed by atoms with Gasteiger partial charge in [0.2, 0.25) is 5.88 Å². The maximum atomic E-state index is 5.55. The zero-order valence-corrected chi connectivity index (χ0v) is 9.91. The van der Waals surface area contributed by atoms with Gasteiger partial charge in [-0.25, -0.2) is 4.98 Å². The molecule has 0 atom stereocenters. The third kappa shape index (κ3) is 3.51. The molecule has 0 amide bonds. The average Bonchev–Trinajstić information content (AvgIpc) is 2.08. The van der Waals surface area contributed by atoms with Gasteiger partial charge in [0, 0.05) is 6.54 Å². The number of anilines is 1. The fourth-order valence-corrected chi connectivity index (χ4v) is 1.35. The Kier molecular flexibility index (Phi) is 4.16. The first-order chi connectivity index (χ1) is 6.59. The summed E-state index contributed by atoms with van der Waals surface area (Å²) < 4.78 is 6.24. The largest absolute Gasteiger partial charge is 0.476 e. The lowest BCUT2D eigenvalue weighted by Gasteiger charge is -2.11. The molecule has 14 heavy (non-hydrogen) atoms. The maximum Gasteiger partial charge on any atom is 0.228 e. The lowest BCUT2D eigenvalue weighted by atomic mass is 10.4. The molecule has 0 bridgehead atoms. The number of hydrogen-bond acceptors (Lipinski definition) is 4. The molecule has 5 heteroatoms. The van der Waals surface area contributed by atoms with E-state index in [-0.39, 0.29) is 0 Å². The normalized spacial score (nSPS) is 10.6. The molecule has 4 nitrogen and oxygen atoms in total. The van der Waals surface area contributed by atoms with Crippen LogP contribution in [0.2, 0.25) is 0 Å². The number of nitrogens with two attached hydrogens (primary N) is 1. The summed E-state index contributed by atoms with van der Waals surface area (Å²) in [6.07, 6.45) is 1.58. The van der Waals surface area contributed by atoms with Crippen LogP contribution in [0, 0.1) is 0 Å². The Morgan fingerprint density at radius 3 is 2.86 bits per heavy atom. The second-order valence-corrected chi connectivity index (χ2v) is 4.06. The van der Waals surface area contributed by atoms with Crippen LogP contribution in [-0.2, 0) is 0 Å². The van der Waals surface area contributed by atoms with Crippen molar-refractivity contribution in [2.24, 2.45) is 0 Å². The van der Waals surface area contributed by atoms with Gasteiger partial charge >= 0.3 is 0 Å². The smallest absolute Gasteiger partial charge is 0.228 e. The Morgan fingerprint density at radius 2 is 2.29 bits per heavy atom. The third-order valence-electron chi connectivity index (χ3n) is 1.61. The number of nitrogens with zero attached hydrogens (tertiary/aromatic N) is 2. The number of ether oxygens (including phenoxy) is 1. The SMILES string of the molecule is CN(C)CCOc1ncc(N)cc1Br. The molecule has 0 saturated carbocycles. The van der Waals surface area contributed by atoms with Gasteiger partial charge in [0.15, 0.2) is 0 Å². The number of pyridine rings is 1. The van der Waals surface area contributed by atoms with Gasteiger partial charge in [-0.05, 0) is 36.1 Å². The first-order valence-corrected chi connectivity index (χ1v) is 5.07. The number of aromatic nitrogens is 1. The summed E-state index contributed by atoms with van der Waals surface area (Å²) in [7, 11) is 3.99. The highest BCUT2D eigenvalue weighted by Crippen LogP contribution is 2.23. The fraction of sp³-hybridized carbons (Fsp3) is 0.444. The molecule has 0 saturated heterocycles. The molecular formula is C9H14BrN3O. The number of rotatable bonds is 4. The van der Waals surface area contributed by atoms with Crippen LogP contribution in [0.4, 0.5) is 5.69 Å². The molecule has 0 aliphatic carbocycles. The quantitative estimate of drug-likeness (QED) is 0.888. The van der Waals surface area contributed by atoms with Crippen molar-refractivity contribution in [3.05, 3.63) is 16.7 Å². The predicted molar refractivity (Wildman–Crippen MR) is 60.4 cm³/mol. The van der Waals surface area contributed by atoms with Gasteiger partial charge in [-0.15, -0.1) is 0 Å². The summed E-state index contributed by atoms with van der Waals surface area (Å²) in [5.74, 6) is 0.584. The second kappa shape index (κ2) is 5.17. The van der Waals surface area contributed by atoms with Crippen LogP contribution in [0.5, 0.6) is 5.88 Å². The van der Waals surface area contributed by atoms with Crippen LogP contribution in [0.25, 0.3) is 0 Å². The van der Waals surface area contributed by atoms with Gasteiger partial charge < -0.3 is 15.4 Å². The zero-order valence-electron chi connectivity index (χ0n) is 8.33. The Hall–Kier alpha value is -0.810. The first-order valence-electron chi connectivity index (χ1n) is 4.28. The number of halogens is 1. The number of hydrogen-bond donors (Lipinski definition) is 1. The lowest BCUT2D eigenvalue weighted by Crippen LogP contribution is -2.19. The second-order valence-electron chi connectivity index (χ2n) is 3.21. The van der Waals surface area contributed by atoms with E-state index in [1.165, 1.54) is 0 Å². The molecular weight excluding hydrogens is 246 g/mol. The summed E-state index contributed by atoms with van der Waals surface area (Å²) in [6, 6.07) is 1.78. The highest BCUT2D eigenvalue weighted by atomic mass is 79.9. The standard InChI is InChI=1S/C9H14BrN3O/c1-13(2)3-4-14-9-8(10)5-7(11)6-12-9/h5-6H,3-4,11H2,1-2H3. The predicted octanol–water partition coefficient (Wildman–Crippen LogP) is 1.37. The number of likely N-dealkylation sites (N-methyl/N-ethyl adjacent to an activating group) is 1. The lowest BCUT2D eigenvalue weighted by molar-refractivity contribution is 0.252. The molecule has 0 radical (unpaired) electrons. The Bertz CT molecular complexity index is 304. The highest BCUT2D eigenvalue weighted by Gasteiger charge is 2.02. The van der Waals surface area contributed by atoms with Crippen molar-refractivity contribution in [2.45, 2.75) is 0 Å². The van der Waals surface area contributed by atoms with Crippen LogP contribution in [-0.4, -0.2) is 37.1 Å². The molecule has 0 fully saturated rings. The fourth-order valence-electron chi connectivity index (χ4n) is 0.871. The van der Waals surface area contributed by atoms with Gasteiger partial charge in [-0.1, -0.05) is 0 Å². The summed E-state index contributed by atoms with van der Waals surface area (Å²) in [5, 5.41) is 0. The van der Waals surface area contributed by atoms with Gasteiger partial charge in [0.25, 0.3) is 0 Å². The Labute approximate surface area is 92.2 Å². The molecule has 1 heterocycles. The Balaban J connectivity index is 2.51. The summed E-state index contributed by atoms with van der Waals surface area (Å²) in [4.78, 5) is 6.11. The van der Waals surface area contributed by atoms with Gasteiger partial charge in [-0.2, -0.15) is 0 Å². The summed E-state index contributed by atoms with van der Waals surface area (Å²) in [5.41, 5.74) is 6.17. The van der Waals surface area contributed by atoms with Crippen molar-refractivity contribution >= 4 is 21.6 Å². The van der Waals surface area contributed by atoms with Crippen molar-refractivity contribution in [1.29, 1.82) is 0 Å².